The predicted octanol–water partition coefficient (Wildman–Crippen LogP) is 3.99. The quantitative estimate of drug-likeness (QED) is 0.396. The van der Waals surface area contributed by atoms with Crippen LogP contribution >= 0.6 is 11.6 Å². The molecule has 0 N–H and O–H groups in total. The zero-order chi connectivity index (χ0) is 19.1. The summed E-state index contributed by atoms with van der Waals surface area (Å²) in [6.45, 7) is 1.39. The van der Waals surface area contributed by atoms with E-state index >= 15 is 0 Å². The Hall–Kier alpha value is -3.12. The van der Waals surface area contributed by atoms with E-state index in [2.05, 4.69) is 5.10 Å². The minimum Gasteiger partial charge on any atom is -0.468 e. The molecule has 4 aromatic rings. The number of methoxy groups -OCH3 is 1. The zero-order valence-corrected chi connectivity index (χ0v) is 15.5. The van der Waals surface area contributed by atoms with Crippen LogP contribution in [0.3, 0.4) is 0 Å². The summed E-state index contributed by atoms with van der Waals surface area (Å²) in [5, 5.41) is 5.71. The van der Waals surface area contributed by atoms with E-state index in [1.54, 1.807) is 0 Å². The van der Waals surface area contributed by atoms with Crippen molar-refractivity contribution in [1.29, 1.82) is 0 Å². The molecular formula is C20H16ClN3O3. The second kappa shape index (κ2) is 6.55. The topological polar surface area (TPSA) is 65.6 Å². The maximum absolute atomic E-state index is 12.0. The summed E-state index contributed by atoms with van der Waals surface area (Å²) >= 11 is 6.12. The van der Waals surface area contributed by atoms with Gasteiger partial charge in [-0.2, -0.15) is 5.10 Å². The third-order valence-electron chi connectivity index (χ3n) is 4.48. The molecule has 0 aliphatic rings. The molecule has 0 saturated carbocycles. The fourth-order valence-electron chi connectivity index (χ4n) is 3.24. The van der Waals surface area contributed by atoms with Crippen LogP contribution in [0.15, 0.2) is 48.8 Å². The van der Waals surface area contributed by atoms with Gasteiger partial charge in [-0.05, 0) is 29.8 Å². The van der Waals surface area contributed by atoms with Gasteiger partial charge in [0.2, 0.25) is 0 Å². The Balaban J connectivity index is 1.99. The highest BCUT2D eigenvalue weighted by molar-refractivity contribution is 6.30. The molecule has 0 amide bonds. The number of ether oxygens (including phenoxy) is 1. The molecule has 0 fully saturated rings. The van der Waals surface area contributed by atoms with Crippen LogP contribution in [-0.4, -0.2) is 33.0 Å². The van der Waals surface area contributed by atoms with Crippen molar-refractivity contribution in [2.45, 2.75) is 13.5 Å². The number of ketones is 1. The van der Waals surface area contributed by atoms with Gasteiger partial charge in [-0.1, -0.05) is 23.7 Å². The first-order chi connectivity index (χ1) is 13.0. The molecule has 0 spiro atoms. The third-order valence-corrected chi connectivity index (χ3v) is 4.72. The molecule has 7 heteroatoms. The smallest absolute Gasteiger partial charge is 0.327 e. The Morgan fingerprint density at radius 1 is 1.19 bits per heavy atom. The van der Waals surface area contributed by atoms with Crippen molar-refractivity contribution in [3.8, 4) is 11.1 Å². The highest BCUT2D eigenvalue weighted by Crippen LogP contribution is 2.30. The van der Waals surface area contributed by atoms with Crippen molar-refractivity contribution in [2.75, 3.05) is 7.11 Å². The second-order valence-electron chi connectivity index (χ2n) is 6.25. The monoisotopic (exact) mass is 381 g/mol. The molecule has 0 aliphatic heterocycles. The molecule has 27 heavy (non-hydrogen) atoms. The molecule has 6 nitrogen and oxygen atoms in total. The number of nitrogens with zero attached hydrogens (tertiary/aromatic N) is 3. The van der Waals surface area contributed by atoms with Crippen molar-refractivity contribution in [3.63, 3.8) is 0 Å². The van der Waals surface area contributed by atoms with Gasteiger partial charge < -0.3 is 9.14 Å². The predicted molar refractivity (Wildman–Crippen MR) is 103 cm³/mol. The molecular weight excluding hydrogens is 366 g/mol. The lowest BCUT2D eigenvalue weighted by molar-refractivity contribution is -0.141. The number of hydrogen-bond acceptors (Lipinski definition) is 4. The molecule has 0 bridgehead atoms. The number of aromatic nitrogens is 3. The van der Waals surface area contributed by atoms with E-state index in [0.29, 0.717) is 21.6 Å². The molecule has 1 aromatic carbocycles. The van der Waals surface area contributed by atoms with Crippen molar-refractivity contribution < 1.29 is 14.3 Å². The number of esters is 1. The fraction of sp³-hybridized carbons (Fsp3) is 0.150. The number of Topliss-reactive ketones (excluding diaryl/α,β-unsaturated/α-hetero) is 1. The number of fused-ring (bicyclic) bond motifs is 3. The lowest BCUT2D eigenvalue weighted by Crippen LogP contribution is -2.13. The fourth-order valence-corrected chi connectivity index (χ4v) is 3.43. The normalized spacial score (nSPS) is 11.2. The number of carbonyl (C=O) groups is 2. The minimum atomic E-state index is -0.432. The maximum Gasteiger partial charge on any atom is 0.327 e. The summed E-state index contributed by atoms with van der Waals surface area (Å²) in [7, 11) is 1.32. The van der Waals surface area contributed by atoms with Gasteiger partial charge in [0.05, 0.1) is 18.1 Å². The van der Waals surface area contributed by atoms with Gasteiger partial charge in [0.15, 0.2) is 5.78 Å². The van der Waals surface area contributed by atoms with Gasteiger partial charge in [0.25, 0.3) is 0 Å². The Kier molecular flexibility index (Phi) is 4.20. The maximum atomic E-state index is 12.0. The Morgan fingerprint density at radius 3 is 2.70 bits per heavy atom. The summed E-state index contributed by atoms with van der Waals surface area (Å²) in [4.78, 5) is 23.8. The number of pyridine rings is 1. The van der Waals surface area contributed by atoms with E-state index < -0.39 is 5.97 Å². The average Bonchev–Trinajstić information content (AvgIpc) is 3.23. The summed E-state index contributed by atoms with van der Waals surface area (Å²) in [6.07, 6.45) is 3.85. The van der Waals surface area contributed by atoms with Crippen molar-refractivity contribution in [3.05, 3.63) is 59.5 Å². The van der Waals surface area contributed by atoms with Gasteiger partial charge in [-0.3, -0.25) is 14.3 Å². The average molecular weight is 382 g/mol. The Labute approximate surface area is 159 Å². The SMILES string of the molecule is COC(=O)Cn1nc(C(C)=O)c2ccn3cc(-c4cccc(Cl)c4)cc3c21. The van der Waals surface area contributed by atoms with Crippen molar-refractivity contribution >= 4 is 39.8 Å². The third kappa shape index (κ3) is 2.98. The summed E-state index contributed by atoms with van der Waals surface area (Å²) in [5.41, 5.74) is 3.83. The van der Waals surface area contributed by atoms with Gasteiger partial charge in [0.1, 0.15) is 12.2 Å². The standard InChI is InChI=1S/C20H16ClN3O3/c1-12(25)19-16-6-7-23-10-14(13-4-3-5-15(21)8-13)9-17(23)20(16)24(22-19)11-18(26)27-2/h3-10H,11H2,1-2H3. The van der Waals surface area contributed by atoms with Crippen molar-refractivity contribution in [1.82, 2.24) is 14.2 Å². The summed E-state index contributed by atoms with van der Waals surface area (Å²) in [5.74, 6) is -0.590. The number of benzene rings is 1. The molecule has 0 radical (unpaired) electrons. The van der Waals surface area contributed by atoms with Gasteiger partial charge >= 0.3 is 5.97 Å². The van der Waals surface area contributed by atoms with Crippen LogP contribution in [0.1, 0.15) is 17.4 Å². The molecule has 0 unspecified atom stereocenters. The van der Waals surface area contributed by atoms with Crippen molar-refractivity contribution in [2.24, 2.45) is 0 Å². The van der Waals surface area contributed by atoms with Crippen LogP contribution < -0.4 is 0 Å². The minimum absolute atomic E-state index is 0.0718. The first kappa shape index (κ1) is 17.3. The lowest BCUT2D eigenvalue weighted by Gasteiger charge is -2.03. The largest absolute Gasteiger partial charge is 0.468 e. The van der Waals surface area contributed by atoms with E-state index in [1.165, 1.54) is 18.7 Å². The molecule has 3 heterocycles. The first-order valence-corrected chi connectivity index (χ1v) is 8.70. The highest BCUT2D eigenvalue weighted by atomic mass is 35.5. The number of halogens is 1. The lowest BCUT2D eigenvalue weighted by atomic mass is 10.1. The molecule has 0 atom stereocenters. The summed E-state index contributed by atoms with van der Waals surface area (Å²) in [6, 6.07) is 11.4. The van der Waals surface area contributed by atoms with Gasteiger partial charge in [-0.25, -0.2) is 0 Å². The van der Waals surface area contributed by atoms with E-state index in [0.717, 1.165) is 16.6 Å². The number of rotatable bonds is 4. The molecule has 136 valence electrons. The first-order valence-electron chi connectivity index (χ1n) is 8.33. The zero-order valence-electron chi connectivity index (χ0n) is 14.8. The summed E-state index contributed by atoms with van der Waals surface area (Å²) < 4.78 is 8.23. The molecule has 3 aromatic heterocycles. The van der Waals surface area contributed by atoms with Crippen LogP contribution in [-0.2, 0) is 16.1 Å². The number of hydrogen-bond donors (Lipinski definition) is 0. The second-order valence-corrected chi connectivity index (χ2v) is 6.68. The molecule has 0 aliphatic carbocycles. The molecule has 0 saturated heterocycles. The number of carbonyl (C=O) groups excluding carboxylic acids is 2. The van der Waals surface area contributed by atoms with E-state index in [4.69, 9.17) is 16.3 Å². The van der Waals surface area contributed by atoms with Crippen LogP contribution in [0.2, 0.25) is 5.02 Å². The van der Waals surface area contributed by atoms with Gasteiger partial charge in [0, 0.05) is 35.3 Å². The van der Waals surface area contributed by atoms with E-state index in [-0.39, 0.29) is 12.3 Å². The van der Waals surface area contributed by atoms with Crippen LogP contribution in [0.4, 0.5) is 0 Å². The van der Waals surface area contributed by atoms with E-state index in [1.807, 2.05) is 53.2 Å². The van der Waals surface area contributed by atoms with Crippen LogP contribution in [0.5, 0.6) is 0 Å². The Morgan fingerprint density at radius 2 is 2.00 bits per heavy atom. The van der Waals surface area contributed by atoms with Gasteiger partial charge in [-0.15, -0.1) is 0 Å². The highest BCUT2D eigenvalue weighted by Gasteiger charge is 2.19. The Bertz CT molecular complexity index is 1210. The van der Waals surface area contributed by atoms with Crippen LogP contribution in [0, 0.1) is 0 Å². The van der Waals surface area contributed by atoms with E-state index in [9.17, 15) is 9.59 Å². The van der Waals surface area contributed by atoms with Crippen LogP contribution in [0.25, 0.3) is 27.5 Å². The molecule has 4 rings (SSSR count).